The second kappa shape index (κ2) is 6.36. The maximum Gasteiger partial charge on any atom is 0.255 e. The fourth-order valence-electron chi connectivity index (χ4n) is 1.53. The molecule has 2 N–H and O–H groups in total. The Kier molecular flexibility index (Phi) is 4.79. The zero-order chi connectivity index (χ0) is 13.8. The SMILES string of the molecule is O=C(Nc1ccc(CO)cc1)c1ccc(I)c(Cl)c1. The molecule has 0 saturated heterocycles. The first-order valence-electron chi connectivity index (χ1n) is 5.56. The van der Waals surface area contributed by atoms with Gasteiger partial charge in [0.15, 0.2) is 0 Å². The predicted molar refractivity (Wildman–Crippen MR) is 84.5 cm³/mol. The minimum atomic E-state index is -0.213. The summed E-state index contributed by atoms with van der Waals surface area (Å²) in [5.41, 5.74) is 1.99. The molecule has 2 rings (SSSR count). The fraction of sp³-hybridized carbons (Fsp3) is 0.0714. The number of rotatable bonds is 3. The third-order valence-electron chi connectivity index (χ3n) is 2.58. The number of anilines is 1. The molecule has 0 spiro atoms. The van der Waals surface area contributed by atoms with Gasteiger partial charge >= 0.3 is 0 Å². The Balaban J connectivity index is 2.13. The van der Waals surface area contributed by atoms with E-state index in [-0.39, 0.29) is 12.5 Å². The van der Waals surface area contributed by atoms with Gasteiger partial charge in [0.2, 0.25) is 0 Å². The molecule has 2 aromatic carbocycles. The highest BCUT2D eigenvalue weighted by Gasteiger charge is 2.08. The predicted octanol–water partition coefficient (Wildman–Crippen LogP) is 3.69. The van der Waals surface area contributed by atoms with E-state index in [0.717, 1.165) is 9.13 Å². The van der Waals surface area contributed by atoms with Crippen molar-refractivity contribution < 1.29 is 9.90 Å². The number of amides is 1. The van der Waals surface area contributed by atoms with Gasteiger partial charge in [0.25, 0.3) is 5.91 Å². The van der Waals surface area contributed by atoms with Crippen molar-refractivity contribution in [2.75, 3.05) is 5.32 Å². The van der Waals surface area contributed by atoms with E-state index >= 15 is 0 Å². The molecule has 98 valence electrons. The molecule has 19 heavy (non-hydrogen) atoms. The fourth-order valence-corrected chi connectivity index (χ4v) is 2.05. The van der Waals surface area contributed by atoms with Crippen LogP contribution in [-0.4, -0.2) is 11.0 Å². The molecule has 0 aliphatic carbocycles. The number of hydrogen-bond acceptors (Lipinski definition) is 2. The zero-order valence-corrected chi connectivity index (χ0v) is 12.8. The van der Waals surface area contributed by atoms with Crippen LogP contribution in [0, 0.1) is 3.57 Å². The summed E-state index contributed by atoms with van der Waals surface area (Å²) in [5, 5.41) is 12.3. The largest absolute Gasteiger partial charge is 0.392 e. The Morgan fingerprint density at radius 1 is 1.21 bits per heavy atom. The van der Waals surface area contributed by atoms with Crippen molar-refractivity contribution in [2.45, 2.75) is 6.61 Å². The van der Waals surface area contributed by atoms with Crippen molar-refractivity contribution in [3.05, 3.63) is 62.2 Å². The van der Waals surface area contributed by atoms with E-state index in [1.165, 1.54) is 0 Å². The van der Waals surface area contributed by atoms with Gasteiger partial charge in [-0.1, -0.05) is 23.7 Å². The summed E-state index contributed by atoms with van der Waals surface area (Å²) >= 11 is 8.09. The molecule has 5 heteroatoms. The summed E-state index contributed by atoms with van der Waals surface area (Å²) in [5.74, 6) is -0.213. The Morgan fingerprint density at radius 2 is 1.89 bits per heavy atom. The molecular weight excluding hydrogens is 377 g/mol. The van der Waals surface area contributed by atoms with E-state index in [1.54, 1.807) is 42.5 Å². The van der Waals surface area contributed by atoms with Gasteiger partial charge in [0, 0.05) is 14.8 Å². The monoisotopic (exact) mass is 387 g/mol. The molecule has 0 unspecified atom stereocenters. The molecule has 3 nitrogen and oxygen atoms in total. The Labute approximate surface area is 129 Å². The van der Waals surface area contributed by atoms with E-state index < -0.39 is 0 Å². The van der Waals surface area contributed by atoms with Gasteiger partial charge < -0.3 is 10.4 Å². The number of benzene rings is 2. The summed E-state index contributed by atoms with van der Waals surface area (Å²) in [7, 11) is 0. The number of aliphatic hydroxyl groups is 1. The van der Waals surface area contributed by atoms with Crippen LogP contribution < -0.4 is 5.32 Å². The van der Waals surface area contributed by atoms with Crippen LogP contribution >= 0.6 is 34.2 Å². The van der Waals surface area contributed by atoms with Crippen LogP contribution in [0.1, 0.15) is 15.9 Å². The second-order valence-corrected chi connectivity index (χ2v) is 5.51. The van der Waals surface area contributed by atoms with Crippen LogP contribution in [0.2, 0.25) is 5.02 Å². The lowest BCUT2D eigenvalue weighted by Crippen LogP contribution is -2.11. The van der Waals surface area contributed by atoms with Gasteiger partial charge in [-0.25, -0.2) is 0 Å². The lowest BCUT2D eigenvalue weighted by molar-refractivity contribution is 0.102. The minimum absolute atomic E-state index is 0.0129. The standard InChI is InChI=1S/C14H11ClINO2/c15-12-7-10(3-6-13(12)16)14(19)17-11-4-1-9(8-18)2-5-11/h1-7,18H,8H2,(H,17,19). The van der Waals surface area contributed by atoms with Crippen LogP contribution in [0.4, 0.5) is 5.69 Å². The Morgan fingerprint density at radius 3 is 2.47 bits per heavy atom. The Bertz CT molecular complexity index is 599. The lowest BCUT2D eigenvalue weighted by atomic mass is 10.2. The minimum Gasteiger partial charge on any atom is -0.392 e. The van der Waals surface area contributed by atoms with Crippen molar-refractivity contribution in [1.82, 2.24) is 0 Å². The summed E-state index contributed by atoms with van der Waals surface area (Å²) in [4.78, 5) is 12.0. The highest BCUT2D eigenvalue weighted by molar-refractivity contribution is 14.1. The van der Waals surface area contributed by atoms with E-state index in [0.29, 0.717) is 16.3 Å². The molecule has 0 saturated carbocycles. The lowest BCUT2D eigenvalue weighted by Gasteiger charge is -2.07. The van der Waals surface area contributed by atoms with E-state index in [2.05, 4.69) is 27.9 Å². The smallest absolute Gasteiger partial charge is 0.255 e. The summed E-state index contributed by atoms with van der Waals surface area (Å²) < 4.78 is 0.906. The first-order valence-corrected chi connectivity index (χ1v) is 7.02. The third kappa shape index (κ3) is 3.68. The van der Waals surface area contributed by atoms with Gasteiger partial charge in [-0.3, -0.25) is 4.79 Å². The zero-order valence-electron chi connectivity index (χ0n) is 9.86. The van der Waals surface area contributed by atoms with Gasteiger partial charge in [-0.2, -0.15) is 0 Å². The number of carbonyl (C=O) groups excluding carboxylic acids is 1. The molecule has 0 aliphatic rings. The van der Waals surface area contributed by atoms with Gasteiger partial charge in [0.05, 0.1) is 11.6 Å². The average Bonchev–Trinajstić information content (AvgIpc) is 2.42. The number of aliphatic hydroxyl groups excluding tert-OH is 1. The second-order valence-electron chi connectivity index (χ2n) is 3.94. The van der Waals surface area contributed by atoms with Crippen molar-refractivity contribution >= 4 is 45.8 Å². The van der Waals surface area contributed by atoms with Crippen LogP contribution in [0.15, 0.2) is 42.5 Å². The van der Waals surface area contributed by atoms with Crippen LogP contribution in [-0.2, 0) is 6.61 Å². The van der Waals surface area contributed by atoms with E-state index in [1.807, 2.05) is 0 Å². The topological polar surface area (TPSA) is 49.3 Å². The summed E-state index contributed by atoms with van der Waals surface area (Å²) in [6.45, 7) is -0.0129. The first kappa shape index (κ1) is 14.3. The molecule has 0 aliphatic heterocycles. The number of carbonyl (C=O) groups is 1. The van der Waals surface area contributed by atoms with Gasteiger partial charge in [0.1, 0.15) is 0 Å². The van der Waals surface area contributed by atoms with Gasteiger partial charge in [-0.05, 0) is 58.5 Å². The van der Waals surface area contributed by atoms with E-state index in [4.69, 9.17) is 16.7 Å². The van der Waals surface area contributed by atoms with Crippen LogP contribution in [0.5, 0.6) is 0 Å². The van der Waals surface area contributed by atoms with Crippen LogP contribution in [0.3, 0.4) is 0 Å². The van der Waals surface area contributed by atoms with Gasteiger partial charge in [-0.15, -0.1) is 0 Å². The third-order valence-corrected chi connectivity index (χ3v) is 4.15. The van der Waals surface area contributed by atoms with Crippen molar-refractivity contribution in [3.8, 4) is 0 Å². The number of hydrogen-bond donors (Lipinski definition) is 2. The molecule has 1 amide bonds. The van der Waals surface area contributed by atoms with Crippen molar-refractivity contribution in [2.24, 2.45) is 0 Å². The number of nitrogens with one attached hydrogen (secondary N) is 1. The molecule has 0 bridgehead atoms. The van der Waals surface area contributed by atoms with Crippen LogP contribution in [0.25, 0.3) is 0 Å². The molecule has 2 aromatic rings. The maximum atomic E-state index is 12.0. The molecule has 0 atom stereocenters. The summed E-state index contributed by atoms with van der Waals surface area (Å²) in [6, 6.07) is 12.2. The Hall–Kier alpha value is -1.11. The highest BCUT2D eigenvalue weighted by atomic mass is 127. The first-order chi connectivity index (χ1) is 9.10. The van der Waals surface area contributed by atoms with Crippen molar-refractivity contribution in [1.29, 1.82) is 0 Å². The molecular formula is C14H11ClINO2. The highest BCUT2D eigenvalue weighted by Crippen LogP contribution is 2.20. The molecule has 0 aromatic heterocycles. The van der Waals surface area contributed by atoms with E-state index in [9.17, 15) is 4.79 Å². The molecule has 0 heterocycles. The normalized spacial score (nSPS) is 10.3. The molecule has 0 radical (unpaired) electrons. The average molecular weight is 388 g/mol. The maximum absolute atomic E-state index is 12.0. The molecule has 0 fully saturated rings. The van der Waals surface area contributed by atoms with Crippen molar-refractivity contribution in [3.63, 3.8) is 0 Å². The summed E-state index contributed by atoms with van der Waals surface area (Å²) in [6.07, 6.45) is 0. The number of halogens is 2. The quantitative estimate of drug-likeness (QED) is 0.789.